The van der Waals surface area contributed by atoms with Crippen LogP contribution in [-0.4, -0.2) is 24.1 Å². The molecule has 1 aliphatic rings. The summed E-state index contributed by atoms with van der Waals surface area (Å²) in [6.45, 7) is 1.30. The fraction of sp³-hybridized carbons (Fsp3) is 0.417. The quantitative estimate of drug-likeness (QED) is 0.743. The molecule has 2 rings (SSSR count). The van der Waals surface area contributed by atoms with Gasteiger partial charge in [0.2, 0.25) is 0 Å². The van der Waals surface area contributed by atoms with Gasteiger partial charge in [0.05, 0.1) is 6.61 Å². The molecule has 16 heavy (non-hydrogen) atoms. The summed E-state index contributed by atoms with van der Waals surface area (Å²) in [7, 11) is 0. The zero-order chi connectivity index (χ0) is 11.4. The van der Waals surface area contributed by atoms with Crippen LogP contribution in [0.4, 0.5) is 0 Å². The van der Waals surface area contributed by atoms with Crippen molar-refractivity contribution in [3.05, 3.63) is 35.4 Å². The summed E-state index contributed by atoms with van der Waals surface area (Å²) in [5.41, 5.74) is 1.59. The standard InChI is InChI=1S/C12H14ClNO2/c13-9-10-4-3-5-11(8-10)12(15)14-6-1-2-7-16-14/h3-5,8H,1-2,6-7,9H2. The summed E-state index contributed by atoms with van der Waals surface area (Å²) < 4.78 is 0. The lowest BCUT2D eigenvalue weighted by Gasteiger charge is -2.25. The summed E-state index contributed by atoms with van der Waals surface area (Å²) in [6, 6.07) is 7.35. The molecule has 86 valence electrons. The van der Waals surface area contributed by atoms with Crippen LogP contribution in [0.15, 0.2) is 24.3 Å². The van der Waals surface area contributed by atoms with Crippen molar-refractivity contribution in [2.45, 2.75) is 18.7 Å². The minimum atomic E-state index is -0.0772. The number of benzene rings is 1. The zero-order valence-electron chi connectivity index (χ0n) is 8.99. The first-order valence-electron chi connectivity index (χ1n) is 5.41. The smallest absolute Gasteiger partial charge is 0.271 e. The Morgan fingerprint density at radius 2 is 2.31 bits per heavy atom. The van der Waals surface area contributed by atoms with Crippen LogP contribution in [0.1, 0.15) is 28.8 Å². The van der Waals surface area contributed by atoms with Crippen LogP contribution in [0.3, 0.4) is 0 Å². The minimum Gasteiger partial charge on any atom is -0.271 e. The minimum absolute atomic E-state index is 0.0772. The number of hydrogen-bond acceptors (Lipinski definition) is 2. The average Bonchev–Trinajstić information content (AvgIpc) is 2.39. The van der Waals surface area contributed by atoms with Crippen molar-refractivity contribution in [2.24, 2.45) is 0 Å². The molecule has 3 nitrogen and oxygen atoms in total. The second-order valence-electron chi connectivity index (χ2n) is 3.78. The molecule has 0 saturated carbocycles. The Bertz CT molecular complexity index is 375. The fourth-order valence-electron chi connectivity index (χ4n) is 1.69. The lowest BCUT2D eigenvalue weighted by molar-refractivity contribution is -0.144. The Kier molecular flexibility index (Phi) is 3.80. The number of hydroxylamine groups is 2. The molecule has 0 bridgehead atoms. The summed E-state index contributed by atoms with van der Waals surface area (Å²) in [5, 5.41) is 1.44. The Hall–Kier alpha value is -1.06. The van der Waals surface area contributed by atoms with Crippen LogP contribution in [-0.2, 0) is 10.7 Å². The maximum atomic E-state index is 12.0. The van der Waals surface area contributed by atoms with E-state index in [0.29, 0.717) is 24.6 Å². The molecule has 0 unspecified atom stereocenters. The highest BCUT2D eigenvalue weighted by Gasteiger charge is 2.19. The summed E-state index contributed by atoms with van der Waals surface area (Å²) in [6.07, 6.45) is 2.02. The third kappa shape index (κ3) is 2.54. The molecule has 1 aromatic rings. The topological polar surface area (TPSA) is 29.5 Å². The molecule has 0 aliphatic carbocycles. The summed E-state index contributed by atoms with van der Waals surface area (Å²) in [5.74, 6) is 0.341. The maximum absolute atomic E-state index is 12.0. The van der Waals surface area contributed by atoms with Gasteiger partial charge < -0.3 is 0 Å². The molecule has 1 saturated heterocycles. The van der Waals surface area contributed by atoms with Gasteiger partial charge in [0.1, 0.15) is 0 Å². The predicted octanol–water partition coefficient (Wildman–Crippen LogP) is 2.59. The first-order chi connectivity index (χ1) is 7.81. The molecule has 1 amide bonds. The van der Waals surface area contributed by atoms with Crippen LogP contribution in [0, 0.1) is 0 Å². The Balaban J connectivity index is 2.12. The summed E-state index contributed by atoms with van der Waals surface area (Å²) in [4.78, 5) is 17.3. The number of carbonyl (C=O) groups excluding carboxylic acids is 1. The molecular formula is C12H14ClNO2. The lowest BCUT2D eigenvalue weighted by atomic mass is 10.1. The second kappa shape index (κ2) is 5.32. The van der Waals surface area contributed by atoms with Gasteiger partial charge in [-0.05, 0) is 30.5 Å². The highest BCUT2D eigenvalue weighted by molar-refractivity contribution is 6.17. The van der Waals surface area contributed by atoms with Crippen LogP contribution < -0.4 is 0 Å². The Morgan fingerprint density at radius 1 is 1.44 bits per heavy atom. The SMILES string of the molecule is O=C(c1cccc(CCl)c1)N1CCCCO1. The molecule has 0 atom stereocenters. The number of amides is 1. The van der Waals surface area contributed by atoms with Gasteiger partial charge in [0.25, 0.3) is 5.91 Å². The van der Waals surface area contributed by atoms with Gasteiger partial charge in [-0.1, -0.05) is 12.1 Å². The lowest BCUT2D eigenvalue weighted by Crippen LogP contribution is -2.35. The highest BCUT2D eigenvalue weighted by atomic mass is 35.5. The van der Waals surface area contributed by atoms with Gasteiger partial charge >= 0.3 is 0 Å². The number of halogens is 1. The van der Waals surface area contributed by atoms with E-state index in [4.69, 9.17) is 16.4 Å². The third-order valence-corrected chi connectivity index (χ3v) is 2.87. The summed E-state index contributed by atoms with van der Waals surface area (Å²) >= 11 is 5.73. The van der Waals surface area contributed by atoms with E-state index in [9.17, 15) is 4.79 Å². The first kappa shape index (κ1) is 11.4. The van der Waals surface area contributed by atoms with Crippen molar-refractivity contribution in [1.29, 1.82) is 0 Å². The first-order valence-corrected chi connectivity index (χ1v) is 5.94. The molecule has 1 fully saturated rings. The molecule has 0 aromatic heterocycles. The highest BCUT2D eigenvalue weighted by Crippen LogP contribution is 2.13. The number of nitrogens with zero attached hydrogens (tertiary/aromatic N) is 1. The molecule has 0 N–H and O–H groups in total. The monoisotopic (exact) mass is 239 g/mol. The van der Waals surface area contributed by atoms with Crippen LogP contribution in [0.25, 0.3) is 0 Å². The molecule has 1 heterocycles. The average molecular weight is 240 g/mol. The van der Waals surface area contributed by atoms with Crippen molar-refractivity contribution in [3.63, 3.8) is 0 Å². The maximum Gasteiger partial charge on any atom is 0.277 e. The largest absolute Gasteiger partial charge is 0.277 e. The Morgan fingerprint density at radius 3 is 3.00 bits per heavy atom. The van der Waals surface area contributed by atoms with E-state index in [2.05, 4.69) is 0 Å². The van der Waals surface area contributed by atoms with E-state index in [1.807, 2.05) is 18.2 Å². The van der Waals surface area contributed by atoms with E-state index in [1.54, 1.807) is 6.07 Å². The number of alkyl halides is 1. The predicted molar refractivity (Wildman–Crippen MR) is 62.2 cm³/mol. The van der Waals surface area contributed by atoms with E-state index < -0.39 is 0 Å². The molecule has 4 heteroatoms. The number of hydrogen-bond donors (Lipinski definition) is 0. The van der Waals surface area contributed by atoms with E-state index in [0.717, 1.165) is 18.4 Å². The molecule has 1 aromatic carbocycles. The van der Waals surface area contributed by atoms with Crippen molar-refractivity contribution >= 4 is 17.5 Å². The second-order valence-corrected chi connectivity index (χ2v) is 4.05. The molecular weight excluding hydrogens is 226 g/mol. The van der Waals surface area contributed by atoms with Gasteiger partial charge in [-0.25, -0.2) is 5.06 Å². The van der Waals surface area contributed by atoms with Crippen LogP contribution in [0.5, 0.6) is 0 Å². The van der Waals surface area contributed by atoms with Gasteiger partial charge in [-0.2, -0.15) is 0 Å². The van der Waals surface area contributed by atoms with Gasteiger partial charge in [-0.3, -0.25) is 9.63 Å². The van der Waals surface area contributed by atoms with Crippen LogP contribution >= 0.6 is 11.6 Å². The van der Waals surface area contributed by atoms with Crippen LogP contribution in [0.2, 0.25) is 0 Å². The zero-order valence-corrected chi connectivity index (χ0v) is 9.74. The van der Waals surface area contributed by atoms with E-state index >= 15 is 0 Å². The fourth-order valence-corrected chi connectivity index (χ4v) is 1.85. The number of carbonyl (C=O) groups is 1. The van der Waals surface area contributed by atoms with Gasteiger partial charge in [0, 0.05) is 18.0 Å². The molecule has 0 spiro atoms. The molecule has 0 radical (unpaired) electrons. The molecule has 1 aliphatic heterocycles. The van der Waals surface area contributed by atoms with Crippen molar-refractivity contribution in [1.82, 2.24) is 5.06 Å². The van der Waals surface area contributed by atoms with Gasteiger partial charge in [0.15, 0.2) is 0 Å². The van der Waals surface area contributed by atoms with E-state index in [-0.39, 0.29) is 5.91 Å². The Labute approximate surface area is 99.9 Å². The third-order valence-electron chi connectivity index (χ3n) is 2.56. The van der Waals surface area contributed by atoms with Crippen molar-refractivity contribution in [2.75, 3.05) is 13.2 Å². The number of rotatable bonds is 2. The van der Waals surface area contributed by atoms with Crippen molar-refractivity contribution < 1.29 is 9.63 Å². The van der Waals surface area contributed by atoms with Gasteiger partial charge in [-0.15, -0.1) is 11.6 Å². The van der Waals surface area contributed by atoms with Crippen molar-refractivity contribution in [3.8, 4) is 0 Å². The normalized spacial score (nSPS) is 16.2. The van der Waals surface area contributed by atoms with E-state index in [1.165, 1.54) is 5.06 Å².